The molecule has 19 heavy (non-hydrogen) atoms. The number of nitrogens with zero attached hydrogens (tertiary/aromatic N) is 1. The smallest absolute Gasteiger partial charge is 0.323 e. The molecule has 0 amide bonds. The summed E-state index contributed by atoms with van der Waals surface area (Å²) in [5.74, 6) is -0.982. The van der Waals surface area contributed by atoms with Crippen molar-refractivity contribution in [2.45, 2.75) is 18.9 Å². The Morgan fingerprint density at radius 3 is 2.47 bits per heavy atom. The molecular weight excluding hydrogens is 244 g/mol. The molecule has 0 aromatic heterocycles. The van der Waals surface area contributed by atoms with Gasteiger partial charge in [0.15, 0.2) is 0 Å². The minimum Gasteiger partial charge on any atom is -0.480 e. The first-order chi connectivity index (χ1) is 8.99. The van der Waals surface area contributed by atoms with E-state index in [4.69, 9.17) is 15.6 Å². The molecule has 0 saturated carbocycles. The molecule has 0 unspecified atom stereocenters. The van der Waals surface area contributed by atoms with Gasteiger partial charge in [-0.05, 0) is 24.6 Å². The van der Waals surface area contributed by atoms with Gasteiger partial charge in [0.1, 0.15) is 5.54 Å². The normalized spacial score (nSPS) is 18.9. The van der Waals surface area contributed by atoms with E-state index in [0.717, 1.165) is 37.6 Å². The van der Waals surface area contributed by atoms with Gasteiger partial charge >= 0.3 is 5.97 Å². The Hall–Kier alpha value is -1.59. The number of rotatable bonds is 4. The van der Waals surface area contributed by atoms with Crippen LogP contribution >= 0.6 is 0 Å². The predicted octanol–water partition coefficient (Wildman–Crippen LogP) is 0.868. The molecule has 5 nitrogen and oxygen atoms in total. The fraction of sp³-hybridized carbons (Fsp3) is 0.500. The molecule has 104 valence electrons. The van der Waals surface area contributed by atoms with Crippen molar-refractivity contribution in [3.63, 3.8) is 0 Å². The first-order valence-electron chi connectivity index (χ1n) is 6.43. The van der Waals surface area contributed by atoms with Crippen LogP contribution in [0.15, 0.2) is 24.3 Å². The summed E-state index contributed by atoms with van der Waals surface area (Å²) in [6.07, 6.45) is 0.325. The zero-order valence-corrected chi connectivity index (χ0v) is 11.1. The maximum absolute atomic E-state index is 11.0. The third-order valence-electron chi connectivity index (χ3n) is 3.37. The summed E-state index contributed by atoms with van der Waals surface area (Å²) in [7, 11) is 0. The summed E-state index contributed by atoms with van der Waals surface area (Å²) in [4.78, 5) is 13.2. The molecular formula is C14H20N2O3. The summed E-state index contributed by atoms with van der Waals surface area (Å²) in [5, 5.41) is 9.01. The second-order valence-electron chi connectivity index (χ2n) is 5.17. The summed E-state index contributed by atoms with van der Waals surface area (Å²) >= 11 is 0. The third-order valence-corrected chi connectivity index (χ3v) is 3.37. The molecule has 1 aromatic carbocycles. The molecule has 1 saturated heterocycles. The van der Waals surface area contributed by atoms with Crippen LogP contribution in [-0.4, -0.2) is 42.9 Å². The Bertz CT molecular complexity index is 437. The average molecular weight is 264 g/mol. The monoisotopic (exact) mass is 264 g/mol. The number of carboxylic acids is 1. The molecule has 1 heterocycles. The van der Waals surface area contributed by atoms with Crippen molar-refractivity contribution < 1.29 is 14.6 Å². The lowest BCUT2D eigenvalue weighted by Gasteiger charge is -2.29. The van der Waals surface area contributed by atoms with E-state index < -0.39 is 11.5 Å². The van der Waals surface area contributed by atoms with E-state index in [9.17, 15) is 4.79 Å². The highest BCUT2D eigenvalue weighted by atomic mass is 16.5. The molecule has 1 aliphatic rings. The fourth-order valence-corrected chi connectivity index (χ4v) is 2.15. The standard InChI is InChI=1S/C14H20N2O3/c1-14(15,13(17)18)10-11-2-4-12(5-3-11)16-6-8-19-9-7-16/h2-5H,6-10,15H2,1H3,(H,17,18)/t14-/m0/s1. The van der Waals surface area contributed by atoms with E-state index >= 15 is 0 Å². The van der Waals surface area contributed by atoms with E-state index in [1.165, 1.54) is 6.92 Å². The minimum absolute atomic E-state index is 0.325. The zero-order valence-electron chi connectivity index (χ0n) is 11.1. The van der Waals surface area contributed by atoms with Gasteiger partial charge in [-0.3, -0.25) is 4.79 Å². The lowest BCUT2D eigenvalue weighted by Crippen LogP contribution is -2.46. The summed E-state index contributed by atoms with van der Waals surface area (Å²) in [5.41, 5.74) is 6.60. The molecule has 1 atom stereocenters. The van der Waals surface area contributed by atoms with E-state index in [2.05, 4.69) is 4.90 Å². The highest BCUT2D eigenvalue weighted by Gasteiger charge is 2.28. The number of ether oxygens (including phenoxy) is 1. The zero-order chi connectivity index (χ0) is 13.9. The number of carbonyl (C=O) groups is 1. The van der Waals surface area contributed by atoms with Gasteiger partial charge in [0.2, 0.25) is 0 Å². The molecule has 0 spiro atoms. The second-order valence-corrected chi connectivity index (χ2v) is 5.17. The molecule has 1 aromatic rings. The summed E-state index contributed by atoms with van der Waals surface area (Å²) in [6, 6.07) is 7.91. The lowest BCUT2D eigenvalue weighted by molar-refractivity contribution is -0.142. The first-order valence-corrected chi connectivity index (χ1v) is 6.43. The van der Waals surface area contributed by atoms with Crippen molar-refractivity contribution in [3.05, 3.63) is 29.8 Å². The maximum Gasteiger partial charge on any atom is 0.323 e. The first kappa shape index (κ1) is 13.8. The second kappa shape index (κ2) is 5.59. The molecule has 2 rings (SSSR count). The van der Waals surface area contributed by atoms with Crippen LogP contribution in [0.4, 0.5) is 5.69 Å². The SMILES string of the molecule is C[C@](N)(Cc1ccc(N2CCOCC2)cc1)C(=O)O. The number of morpholine rings is 1. The van der Waals surface area contributed by atoms with Crippen LogP contribution in [0, 0.1) is 0 Å². The maximum atomic E-state index is 11.0. The number of carboxylic acid groups (broad SMARTS) is 1. The van der Waals surface area contributed by atoms with Crippen LogP contribution < -0.4 is 10.6 Å². The highest BCUT2D eigenvalue weighted by molar-refractivity contribution is 5.78. The molecule has 1 fully saturated rings. The van der Waals surface area contributed by atoms with Gasteiger partial charge < -0.3 is 20.5 Å². The average Bonchev–Trinajstić information content (AvgIpc) is 2.40. The van der Waals surface area contributed by atoms with Crippen molar-refractivity contribution in [3.8, 4) is 0 Å². The van der Waals surface area contributed by atoms with E-state index in [0.29, 0.717) is 6.42 Å². The topological polar surface area (TPSA) is 75.8 Å². The number of hydrogen-bond acceptors (Lipinski definition) is 4. The van der Waals surface area contributed by atoms with Crippen molar-refractivity contribution in [1.82, 2.24) is 0 Å². The van der Waals surface area contributed by atoms with Crippen LogP contribution in [0.3, 0.4) is 0 Å². The molecule has 0 radical (unpaired) electrons. The number of aliphatic carboxylic acids is 1. The van der Waals surface area contributed by atoms with Gasteiger partial charge in [0, 0.05) is 25.2 Å². The molecule has 1 aliphatic heterocycles. The van der Waals surface area contributed by atoms with Crippen LogP contribution in [0.1, 0.15) is 12.5 Å². The Balaban J connectivity index is 2.04. The largest absolute Gasteiger partial charge is 0.480 e. The van der Waals surface area contributed by atoms with Crippen molar-refractivity contribution in [2.24, 2.45) is 5.73 Å². The Kier molecular flexibility index (Phi) is 4.07. The molecule has 5 heteroatoms. The number of nitrogens with two attached hydrogens (primary N) is 1. The Morgan fingerprint density at radius 1 is 1.37 bits per heavy atom. The Labute approximate surface area is 113 Å². The minimum atomic E-state index is -1.22. The Morgan fingerprint density at radius 2 is 1.95 bits per heavy atom. The summed E-state index contributed by atoms with van der Waals surface area (Å²) < 4.78 is 5.31. The highest BCUT2D eigenvalue weighted by Crippen LogP contribution is 2.19. The van der Waals surface area contributed by atoms with Crippen LogP contribution in [0.5, 0.6) is 0 Å². The number of hydrogen-bond donors (Lipinski definition) is 2. The van der Waals surface area contributed by atoms with Gasteiger partial charge in [-0.2, -0.15) is 0 Å². The van der Waals surface area contributed by atoms with Gasteiger partial charge in [0.25, 0.3) is 0 Å². The van der Waals surface area contributed by atoms with Gasteiger partial charge in [-0.15, -0.1) is 0 Å². The van der Waals surface area contributed by atoms with Crippen molar-refractivity contribution in [1.29, 1.82) is 0 Å². The fourth-order valence-electron chi connectivity index (χ4n) is 2.15. The summed E-state index contributed by atoms with van der Waals surface area (Å²) in [6.45, 7) is 4.82. The van der Waals surface area contributed by atoms with Gasteiger partial charge in [-0.1, -0.05) is 12.1 Å². The molecule has 0 bridgehead atoms. The van der Waals surface area contributed by atoms with Crippen LogP contribution in [0.25, 0.3) is 0 Å². The van der Waals surface area contributed by atoms with Crippen molar-refractivity contribution >= 4 is 11.7 Å². The predicted molar refractivity (Wildman–Crippen MR) is 73.4 cm³/mol. The van der Waals surface area contributed by atoms with Crippen LogP contribution in [0.2, 0.25) is 0 Å². The number of benzene rings is 1. The quantitative estimate of drug-likeness (QED) is 0.844. The van der Waals surface area contributed by atoms with E-state index in [1.807, 2.05) is 24.3 Å². The molecule has 0 aliphatic carbocycles. The van der Waals surface area contributed by atoms with Gasteiger partial charge in [0.05, 0.1) is 13.2 Å². The third kappa shape index (κ3) is 3.45. The van der Waals surface area contributed by atoms with E-state index in [-0.39, 0.29) is 0 Å². The van der Waals surface area contributed by atoms with E-state index in [1.54, 1.807) is 0 Å². The van der Waals surface area contributed by atoms with Crippen LogP contribution in [-0.2, 0) is 16.0 Å². The molecule has 3 N–H and O–H groups in total. The number of anilines is 1. The van der Waals surface area contributed by atoms with Gasteiger partial charge in [-0.25, -0.2) is 0 Å². The lowest BCUT2D eigenvalue weighted by atomic mass is 9.94. The van der Waals surface area contributed by atoms with Crippen molar-refractivity contribution in [2.75, 3.05) is 31.2 Å².